The molecule has 1 aliphatic heterocycles. The Morgan fingerprint density at radius 3 is 2.93 bits per heavy atom. The van der Waals surface area contributed by atoms with Crippen LogP contribution in [0.5, 0.6) is 5.75 Å². The molecule has 0 radical (unpaired) electrons. The van der Waals surface area contributed by atoms with Crippen molar-refractivity contribution in [3.05, 3.63) is 40.7 Å². The first-order valence-corrected chi connectivity index (χ1v) is 9.67. The van der Waals surface area contributed by atoms with Crippen LogP contribution in [0.1, 0.15) is 47.4 Å². The molecular weight excluding hydrogens is 386 g/mol. The van der Waals surface area contributed by atoms with E-state index >= 15 is 0 Å². The topological polar surface area (TPSA) is 128 Å². The minimum Gasteiger partial charge on any atom is -0.492 e. The van der Waals surface area contributed by atoms with Crippen molar-refractivity contribution >= 4 is 24.0 Å². The van der Waals surface area contributed by atoms with Gasteiger partial charge in [0.15, 0.2) is 6.29 Å². The van der Waals surface area contributed by atoms with Crippen LogP contribution < -0.4 is 15.0 Å². The predicted octanol–water partition coefficient (Wildman–Crippen LogP) is 2.67. The summed E-state index contributed by atoms with van der Waals surface area (Å²) in [6, 6.07) is 4.80. The number of aliphatic hydroxyl groups is 1. The van der Waals surface area contributed by atoms with Gasteiger partial charge in [0.25, 0.3) is 0 Å². The van der Waals surface area contributed by atoms with E-state index in [9.17, 15) is 20.0 Å². The van der Waals surface area contributed by atoms with Crippen LogP contribution in [0.4, 0.5) is 16.4 Å². The van der Waals surface area contributed by atoms with Gasteiger partial charge in [0.2, 0.25) is 0 Å². The SMILES string of the molecule is CC(C)COc1cc(NC(=O)N2CCCc3cc(CO)c(C=O)nc32)ncc1C#N. The quantitative estimate of drug-likeness (QED) is 0.702. The molecule has 2 aromatic heterocycles. The van der Waals surface area contributed by atoms with Crippen molar-refractivity contribution in [3.8, 4) is 11.8 Å². The fourth-order valence-electron chi connectivity index (χ4n) is 3.13. The maximum atomic E-state index is 12.9. The molecule has 0 fully saturated rings. The van der Waals surface area contributed by atoms with Crippen molar-refractivity contribution in [2.45, 2.75) is 33.3 Å². The van der Waals surface area contributed by atoms with E-state index < -0.39 is 6.03 Å². The summed E-state index contributed by atoms with van der Waals surface area (Å²) < 4.78 is 5.67. The van der Waals surface area contributed by atoms with E-state index in [1.54, 1.807) is 6.07 Å². The van der Waals surface area contributed by atoms with E-state index in [4.69, 9.17) is 4.74 Å². The molecule has 0 aliphatic carbocycles. The molecule has 30 heavy (non-hydrogen) atoms. The van der Waals surface area contributed by atoms with Gasteiger partial charge < -0.3 is 9.84 Å². The number of aromatic nitrogens is 2. The number of urea groups is 1. The number of carbonyl (C=O) groups is 2. The number of aliphatic hydroxyl groups excluding tert-OH is 1. The average Bonchev–Trinajstić information content (AvgIpc) is 2.76. The number of aldehydes is 1. The Kier molecular flexibility index (Phi) is 6.59. The molecule has 2 aromatic rings. The number of fused-ring (bicyclic) bond motifs is 1. The lowest BCUT2D eigenvalue weighted by Crippen LogP contribution is -2.39. The highest BCUT2D eigenvalue weighted by atomic mass is 16.5. The van der Waals surface area contributed by atoms with Gasteiger partial charge in [0.05, 0.1) is 19.4 Å². The standard InChI is InChI=1S/C21H23N5O4/c1-13(2)12-30-18-7-19(23-9-16(18)8-22)25-21(29)26-5-3-4-14-6-15(10-27)17(11-28)24-20(14)26/h6-7,9,11,13,27H,3-5,10,12H2,1-2H3,(H,23,25,29). The van der Waals surface area contributed by atoms with Crippen LogP contribution in [0.25, 0.3) is 0 Å². The number of nitrogens with one attached hydrogen (secondary N) is 1. The number of carbonyl (C=O) groups excluding carboxylic acids is 2. The third-order valence-corrected chi connectivity index (χ3v) is 4.60. The Balaban J connectivity index is 1.85. The third-order valence-electron chi connectivity index (χ3n) is 4.60. The van der Waals surface area contributed by atoms with Crippen LogP contribution in [0, 0.1) is 17.2 Å². The highest BCUT2D eigenvalue weighted by molar-refractivity contribution is 6.01. The first-order valence-electron chi connectivity index (χ1n) is 9.67. The number of nitrogens with zero attached hydrogens (tertiary/aromatic N) is 4. The smallest absolute Gasteiger partial charge is 0.328 e. The number of nitriles is 1. The largest absolute Gasteiger partial charge is 0.492 e. The lowest BCUT2D eigenvalue weighted by molar-refractivity contribution is 0.111. The number of hydrogen-bond donors (Lipinski definition) is 2. The molecule has 0 atom stereocenters. The molecule has 156 valence electrons. The maximum absolute atomic E-state index is 12.9. The fourth-order valence-corrected chi connectivity index (χ4v) is 3.13. The lowest BCUT2D eigenvalue weighted by atomic mass is 10.0. The van der Waals surface area contributed by atoms with Crippen LogP contribution >= 0.6 is 0 Å². The van der Waals surface area contributed by atoms with Crippen LogP contribution in [-0.4, -0.2) is 40.5 Å². The molecule has 3 heterocycles. The van der Waals surface area contributed by atoms with Gasteiger partial charge in [-0.15, -0.1) is 0 Å². The van der Waals surface area contributed by atoms with Gasteiger partial charge >= 0.3 is 6.03 Å². The van der Waals surface area contributed by atoms with Crippen LogP contribution in [0.3, 0.4) is 0 Å². The second-order valence-corrected chi connectivity index (χ2v) is 7.36. The Bertz CT molecular complexity index is 1000. The van der Waals surface area contributed by atoms with E-state index in [0.717, 1.165) is 12.0 Å². The minimum absolute atomic E-state index is 0.108. The summed E-state index contributed by atoms with van der Waals surface area (Å²) in [5.74, 6) is 1.26. The van der Waals surface area contributed by atoms with E-state index in [-0.39, 0.29) is 29.6 Å². The average molecular weight is 409 g/mol. The van der Waals surface area contributed by atoms with Crippen molar-refractivity contribution < 1.29 is 19.4 Å². The molecule has 0 saturated carbocycles. The number of amides is 2. The van der Waals surface area contributed by atoms with Crippen molar-refractivity contribution in [1.29, 1.82) is 5.26 Å². The minimum atomic E-state index is -0.455. The summed E-state index contributed by atoms with van der Waals surface area (Å²) in [7, 11) is 0. The van der Waals surface area contributed by atoms with Crippen LogP contribution in [-0.2, 0) is 13.0 Å². The first-order chi connectivity index (χ1) is 14.5. The van der Waals surface area contributed by atoms with Gasteiger partial charge in [-0.05, 0) is 30.4 Å². The molecule has 0 bridgehead atoms. The van der Waals surface area contributed by atoms with E-state index in [1.807, 2.05) is 19.9 Å². The number of aryl methyl sites for hydroxylation is 1. The number of anilines is 2. The summed E-state index contributed by atoms with van der Waals surface area (Å²) >= 11 is 0. The van der Waals surface area contributed by atoms with Gasteiger partial charge in [-0.1, -0.05) is 13.8 Å². The normalized spacial score (nSPS) is 12.8. The second-order valence-electron chi connectivity index (χ2n) is 7.36. The van der Waals surface area contributed by atoms with E-state index in [0.29, 0.717) is 43.0 Å². The molecule has 3 rings (SSSR count). The number of rotatable bonds is 6. The molecule has 0 spiro atoms. The lowest BCUT2D eigenvalue weighted by Gasteiger charge is -2.29. The summed E-state index contributed by atoms with van der Waals surface area (Å²) in [6.07, 6.45) is 3.33. The van der Waals surface area contributed by atoms with Crippen LogP contribution in [0.2, 0.25) is 0 Å². The van der Waals surface area contributed by atoms with Gasteiger partial charge in [-0.3, -0.25) is 15.0 Å². The first kappa shape index (κ1) is 21.2. The highest BCUT2D eigenvalue weighted by Crippen LogP contribution is 2.28. The Morgan fingerprint density at radius 2 is 2.27 bits per heavy atom. The number of hydrogen-bond acceptors (Lipinski definition) is 7. The van der Waals surface area contributed by atoms with Gasteiger partial charge in [-0.2, -0.15) is 5.26 Å². The monoisotopic (exact) mass is 409 g/mol. The van der Waals surface area contributed by atoms with Crippen molar-refractivity contribution in [2.75, 3.05) is 23.4 Å². The molecular formula is C21H23N5O4. The number of pyridine rings is 2. The van der Waals surface area contributed by atoms with E-state index in [2.05, 4.69) is 15.3 Å². The Hall–Kier alpha value is -3.51. The maximum Gasteiger partial charge on any atom is 0.328 e. The zero-order chi connectivity index (χ0) is 21.7. The molecule has 0 unspecified atom stereocenters. The molecule has 0 aromatic carbocycles. The predicted molar refractivity (Wildman–Crippen MR) is 110 cm³/mol. The highest BCUT2D eigenvalue weighted by Gasteiger charge is 2.26. The Morgan fingerprint density at radius 1 is 1.47 bits per heavy atom. The van der Waals surface area contributed by atoms with Crippen molar-refractivity contribution in [3.63, 3.8) is 0 Å². The van der Waals surface area contributed by atoms with Crippen LogP contribution in [0.15, 0.2) is 18.3 Å². The molecule has 9 heteroatoms. The molecule has 2 N–H and O–H groups in total. The molecule has 2 amide bonds. The molecule has 0 saturated heterocycles. The van der Waals surface area contributed by atoms with Gasteiger partial charge in [-0.25, -0.2) is 14.8 Å². The molecule has 9 nitrogen and oxygen atoms in total. The van der Waals surface area contributed by atoms with Gasteiger partial charge in [0.1, 0.15) is 34.7 Å². The van der Waals surface area contributed by atoms with E-state index in [1.165, 1.54) is 17.2 Å². The summed E-state index contributed by atoms with van der Waals surface area (Å²) in [4.78, 5) is 34.1. The zero-order valence-electron chi connectivity index (χ0n) is 16.9. The van der Waals surface area contributed by atoms with Gasteiger partial charge in [0, 0.05) is 18.2 Å². The summed E-state index contributed by atoms with van der Waals surface area (Å²) in [5, 5.41) is 21.4. The summed E-state index contributed by atoms with van der Waals surface area (Å²) in [6.45, 7) is 4.54. The second kappa shape index (κ2) is 9.33. The zero-order valence-corrected chi connectivity index (χ0v) is 16.9. The molecule has 1 aliphatic rings. The fraction of sp³-hybridized carbons (Fsp3) is 0.381. The third kappa shape index (κ3) is 4.55. The summed E-state index contributed by atoms with van der Waals surface area (Å²) in [5.41, 5.74) is 1.62. The van der Waals surface area contributed by atoms with Crippen molar-refractivity contribution in [2.24, 2.45) is 5.92 Å². The van der Waals surface area contributed by atoms with Crippen molar-refractivity contribution in [1.82, 2.24) is 9.97 Å². The Labute approximate surface area is 174 Å². The number of ether oxygens (including phenoxy) is 1.